The first-order valence-electron chi connectivity index (χ1n) is 22.5. The summed E-state index contributed by atoms with van der Waals surface area (Å²) in [5.41, 5.74) is 20.8. The van der Waals surface area contributed by atoms with Crippen LogP contribution in [0.1, 0.15) is 48.9 Å². The van der Waals surface area contributed by atoms with Crippen LogP contribution in [-0.2, 0) is 5.41 Å². The Kier molecular flexibility index (Phi) is 9.77. The van der Waals surface area contributed by atoms with E-state index in [4.69, 9.17) is 0 Å². The smallest absolute Gasteiger partial charge is 0.0557 e. The zero-order valence-corrected chi connectivity index (χ0v) is 36.3. The lowest BCUT2D eigenvalue weighted by Gasteiger charge is -2.39. The molecule has 1 heteroatoms. The van der Waals surface area contributed by atoms with Crippen molar-refractivity contribution in [1.82, 2.24) is 0 Å². The van der Waals surface area contributed by atoms with Gasteiger partial charge in [0.05, 0.1) is 6.04 Å². The molecule has 2 atom stereocenters. The zero-order valence-electron chi connectivity index (χ0n) is 36.3. The van der Waals surface area contributed by atoms with Crippen molar-refractivity contribution in [1.29, 1.82) is 0 Å². The van der Waals surface area contributed by atoms with Crippen molar-refractivity contribution in [3.63, 3.8) is 0 Å². The highest BCUT2D eigenvalue weighted by Gasteiger charge is 2.45. The molecule has 3 aliphatic carbocycles. The van der Waals surface area contributed by atoms with E-state index in [9.17, 15) is 0 Å². The van der Waals surface area contributed by atoms with Gasteiger partial charge in [-0.2, -0.15) is 0 Å². The molecule has 0 amide bonds. The molecule has 63 heavy (non-hydrogen) atoms. The molecule has 0 saturated carbocycles. The second-order valence-corrected chi connectivity index (χ2v) is 18.1. The molecule has 2 unspecified atom stereocenters. The van der Waals surface area contributed by atoms with Gasteiger partial charge in [0, 0.05) is 11.4 Å². The van der Waals surface area contributed by atoms with Crippen LogP contribution in [0.2, 0.25) is 0 Å². The molecule has 0 bridgehead atoms. The van der Waals surface area contributed by atoms with E-state index < -0.39 is 0 Å². The van der Waals surface area contributed by atoms with Crippen LogP contribution >= 0.6 is 0 Å². The summed E-state index contributed by atoms with van der Waals surface area (Å²) in [5.74, 6) is 0.359. The van der Waals surface area contributed by atoms with Crippen LogP contribution in [-0.4, -0.2) is 6.04 Å². The first-order valence-corrected chi connectivity index (χ1v) is 22.5. The first-order chi connectivity index (χ1) is 30.9. The van der Waals surface area contributed by atoms with Crippen molar-refractivity contribution >= 4 is 27.6 Å². The van der Waals surface area contributed by atoms with Crippen LogP contribution in [0.15, 0.2) is 224 Å². The Bertz CT molecular complexity index is 3150. The third-order valence-electron chi connectivity index (χ3n) is 14.1. The van der Waals surface area contributed by atoms with E-state index in [0.29, 0.717) is 5.92 Å². The van der Waals surface area contributed by atoms with Crippen LogP contribution < -0.4 is 4.90 Å². The normalized spacial score (nSPS) is 17.3. The van der Waals surface area contributed by atoms with E-state index in [1.807, 2.05) is 0 Å². The summed E-state index contributed by atoms with van der Waals surface area (Å²) < 4.78 is 0. The molecule has 0 N–H and O–H groups in total. The van der Waals surface area contributed by atoms with Crippen LogP contribution in [0.4, 0.5) is 5.69 Å². The number of hydrogen-bond donors (Lipinski definition) is 0. The fourth-order valence-corrected chi connectivity index (χ4v) is 10.6. The van der Waals surface area contributed by atoms with Crippen LogP contribution in [0.25, 0.3) is 66.4 Å². The fourth-order valence-electron chi connectivity index (χ4n) is 10.6. The van der Waals surface area contributed by atoms with Gasteiger partial charge < -0.3 is 4.90 Å². The van der Waals surface area contributed by atoms with Crippen molar-refractivity contribution in [3.8, 4) is 44.5 Å². The molecule has 0 fully saturated rings. The number of benzene rings is 8. The maximum atomic E-state index is 2.63. The number of rotatable bonds is 8. The van der Waals surface area contributed by atoms with Gasteiger partial charge in [0.2, 0.25) is 0 Å². The molecule has 0 aliphatic heterocycles. The average Bonchev–Trinajstić information content (AvgIpc) is 3.57. The molecule has 3 aliphatic rings. The standard InChI is InChI=1S/C62H51N/c1-42-14-7-9-23-55(42)51-22-12-21-49(39-51)50-30-36-58-59-37-35-54(41-61(59)62(2,3)60(58)40-50)63(53-33-28-46(29-34-53)57-25-13-18-45-17-8-10-24-56(45)57)52-31-26-44(27-32-52)48-20-11-19-47(38-48)43-15-5-4-6-16-43/h4-33,35-40,53,61H,34,41H2,1-3H3. The molecule has 0 radical (unpaired) electrons. The number of anilines is 1. The van der Waals surface area contributed by atoms with Crippen LogP contribution in [0, 0.1) is 12.8 Å². The summed E-state index contributed by atoms with van der Waals surface area (Å²) in [7, 11) is 0. The van der Waals surface area contributed by atoms with Gasteiger partial charge in [0.1, 0.15) is 0 Å². The SMILES string of the molecule is Cc1ccccc1-c1cccc(-c2ccc3c(c2)C(C)(C)C2CC(N(c4ccc(-c5cccc(-c6ccccc6)c5)cc4)C4C=CC(c5cccc6ccccc56)=CC4)=CC=C32)c1. The van der Waals surface area contributed by atoms with Crippen molar-refractivity contribution in [2.75, 3.05) is 4.90 Å². The van der Waals surface area contributed by atoms with Gasteiger partial charge in [0.25, 0.3) is 0 Å². The van der Waals surface area contributed by atoms with Crippen molar-refractivity contribution < 1.29 is 0 Å². The second kappa shape index (κ2) is 15.9. The van der Waals surface area contributed by atoms with Gasteiger partial charge in [0.15, 0.2) is 0 Å². The number of aryl methyl sites for hydroxylation is 1. The lowest BCUT2D eigenvalue weighted by Crippen LogP contribution is -2.37. The highest BCUT2D eigenvalue weighted by molar-refractivity contribution is 5.96. The molecule has 1 nitrogen and oxygen atoms in total. The van der Waals surface area contributed by atoms with Gasteiger partial charge in [-0.05, 0) is 156 Å². The Hall–Kier alpha value is -7.22. The quantitative estimate of drug-likeness (QED) is 0.148. The number of allylic oxidation sites excluding steroid dienone is 6. The van der Waals surface area contributed by atoms with E-state index in [0.717, 1.165) is 12.8 Å². The van der Waals surface area contributed by atoms with E-state index in [1.54, 1.807) is 0 Å². The third-order valence-corrected chi connectivity index (χ3v) is 14.1. The molecule has 304 valence electrons. The van der Waals surface area contributed by atoms with E-state index in [-0.39, 0.29) is 11.5 Å². The van der Waals surface area contributed by atoms with Crippen molar-refractivity contribution in [2.45, 2.75) is 45.1 Å². The van der Waals surface area contributed by atoms with E-state index in [1.165, 1.54) is 100 Å². The summed E-state index contributed by atoms with van der Waals surface area (Å²) in [6, 6.07) is 69.4. The van der Waals surface area contributed by atoms with Crippen molar-refractivity contribution in [3.05, 3.63) is 246 Å². The van der Waals surface area contributed by atoms with Gasteiger partial charge in [-0.3, -0.25) is 0 Å². The highest BCUT2D eigenvalue weighted by Crippen LogP contribution is 2.55. The van der Waals surface area contributed by atoms with Gasteiger partial charge in [-0.25, -0.2) is 0 Å². The minimum Gasteiger partial charge on any atom is -0.338 e. The lowest BCUT2D eigenvalue weighted by molar-refractivity contribution is 0.403. The average molecular weight is 810 g/mol. The molecule has 0 saturated heterocycles. The van der Waals surface area contributed by atoms with E-state index in [2.05, 4.69) is 244 Å². The largest absolute Gasteiger partial charge is 0.338 e. The molecule has 8 aromatic rings. The summed E-state index contributed by atoms with van der Waals surface area (Å²) >= 11 is 0. The van der Waals surface area contributed by atoms with Crippen LogP contribution in [0.5, 0.6) is 0 Å². The predicted molar refractivity (Wildman–Crippen MR) is 269 cm³/mol. The Morgan fingerprint density at radius 3 is 1.89 bits per heavy atom. The van der Waals surface area contributed by atoms with Crippen molar-refractivity contribution in [2.24, 2.45) is 5.92 Å². The summed E-state index contributed by atoms with van der Waals surface area (Å²) in [5, 5.41) is 2.58. The minimum atomic E-state index is -0.0482. The molecule has 0 aromatic heterocycles. The summed E-state index contributed by atoms with van der Waals surface area (Å²) in [6.07, 6.45) is 14.0. The Morgan fingerprint density at radius 2 is 1.11 bits per heavy atom. The van der Waals surface area contributed by atoms with Crippen LogP contribution in [0.3, 0.4) is 0 Å². The van der Waals surface area contributed by atoms with Gasteiger partial charge in [-0.1, -0.05) is 196 Å². The molecule has 0 heterocycles. The Morgan fingerprint density at radius 1 is 0.508 bits per heavy atom. The highest BCUT2D eigenvalue weighted by atomic mass is 15.2. The second-order valence-electron chi connectivity index (χ2n) is 18.1. The van der Waals surface area contributed by atoms with E-state index >= 15 is 0 Å². The minimum absolute atomic E-state index is 0.0482. The molecule has 11 rings (SSSR count). The fraction of sp³-hybridized carbons (Fsp3) is 0.129. The predicted octanol–water partition coefficient (Wildman–Crippen LogP) is 16.3. The Labute approximate surface area is 372 Å². The zero-order chi connectivity index (χ0) is 42.5. The topological polar surface area (TPSA) is 3.24 Å². The van der Waals surface area contributed by atoms with Gasteiger partial charge in [-0.15, -0.1) is 0 Å². The van der Waals surface area contributed by atoms with Gasteiger partial charge >= 0.3 is 0 Å². The third kappa shape index (κ3) is 7.08. The Balaban J connectivity index is 0.934. The lowest BCUT2D eigenvalue weighted by atomic mass is 9.73. The maximum Gasteiger partial charge on any atom is 0.0557 e. The number of fused-ring (bicyclic) bond motifs is 4. The summed E-state index contributed by atoms with van der Waals surface area (Å²) in [4.78, 5) is 2.63. The summed E-state index contributed by atoms with van der Waals surface area (Å²) in [6.45, 7) is 7.14. The maximum absolute atomic E-state index is 2.63. The molecular formula is C62H51N. The monoisotopic (exact) mass is 809 g/mol. The number of hydrogen-bond acceptors (Lipinski definition) is 1. The number of nitrogens with zero attached hydrogens (tertiary/aromatic N) is 1. The molecule has 0 spiro atoms. The molecule has 8 aromatic carbocycles. The molecular weight excluding hydrogens is 759 g/mol. The first kappa shape index (κ1) is 38.7.